The average Bonchev–Trinajstić information content (AvgIpc) is 1.01. The van der Waals surface area contributed by atoms with E-state index in [0.717, 1.165) is 48.3 Å². The second-order valence-corrected chi connectivity index (χ2v) is 40.2. The number of likely N-dealkylation sites (tertiary alicyclic amines) is 4. The molecule has 11 fully saturated rings. The number of ketones is 1. The molecular weight excluding hydrogens is 2000 g/mol. The molecule has 5 aliphatic heterocycles. The Bertz CT molecular complexity index is 4770. The van der Waals surface area contributed by atoms with Gasteiger partial charge in [0.25, 0.3) is 17.7 Å². The first-order valence-electron chi connectivity index (χ1n) is 46.0. The molecule has 0 bridgehead atoms. The van der Waals surface area contributed by atoms with E-state index < -0.39 is 143 Å². The number of nitrogens with one attached hydrogen (secondary N) is 4. The van der Waals surface area contributed by atoms with Gasteiger partial charge in [-0.2, -0.15) is 96.9 Å². The predicted octanol–water partition coefficient (Wildman–Crippen LogP) is 12.6. The molecule has 0 unspecified atom stereocenters. The number of carbonyl (C=O) groups is 9. The van der Waals surface area contributed by atoms with E-state index >= 15 is 0 Å². The van der Waals surface area contributed by atoms with Gasteiger partial charge in [-0.25, -0.2) is 9.59 Å². The van der Waals surface area contributed by atoms with E-state index in [1.807, 2.05) is 0 Å². The van der Waals surface area contributed by atoms with Crippen LogP contribution in [-0.4, -0.2) is 286 Å². The van der Waals surface area contributed by atoms with Gasteiger partial charge in [0.15, 0.2) is 45.5 Å². The minimum absolute atomic E-state index is 0.00951. The van der Waals surface area contributed by atoms with E-state index in [1.165, 1.54) is 29.9 Å². The number of aliphatic hydroxyl groups is 1. The molecule has 6 aliphatic carbocycles. The van der Waals surface area contributed by atoms with Crippen LogP contribution in [0.3, 0.4) is 0 Å². The standard InChI is InChI=1S/2C22H29F3N6O3.C16H19N5O3.C11H18F3NO3.C9H14F3NO3.C6H10F3NO.C2H5I/c2*1-2-34-21(22(23,24)25)12-30(13-21)15-5-7-20(8-6-15,9-10-26)31-11-16(17(27)32)18(29-31)28-19(33)14-3-4-14;17-8-7-16(5-3-11(22)4-6-16)21-9-12(13(18)23)14(20-21)19-15(24)10-1-2-10;1-5-17-10(11(12,13)14)6-15(7-10)8(16)18-9(2,3)4;1-7(2,3)16-6(14)13-4-8(15,5-13)9(10,11)12;1-2-11-5(3-10-4-5)6(7,8)9;1-2-3/h2*11,14-15H,2-9,12-13H2,1H3,(H2,27,32)(H,28,29,33);9-10H,1-7H2,(H2,18,23)(H,19,20,24);5-7H2,1-4H3;15H,4-5H2,1-3H3;10H,2-4H2,1H3;2H2,1H3. The average molecular weight is 2130 g/mol. The van der Waals surface area contributed by atoms with Gasteiger partial charge in [-0.3, -0.25) is 57.4 Å². The highest BCUT2D eigenvalue weighted by atomic mass is 127. The summed E-state index contributed by atoms with van der Waals surface area (Å²) in [4.78, 5) is 112. The zero-order chi connectivity index (χ0) is 105. The smallest absolute Gasteiger partial charge is 0.420 e. The van der Waals surface area contributed by atoms with E-state index in [-0.39, 0.29) is 172 Å². The van der Waals surface area contributed by atoms with Gasteiger partial charge < -0.3 is 81.8 Å². The number of rotatable bonds is 25. The van der Waals surface area contributed by atoms with Crippen LogP contribution in [-0.2, 0) is 64.2 Å². The van der Waals surface area contributed by atoms with Crippen LogP contribution in [0.5, 0.6) is 0 Å². The molecule has 14 rings (SSSR count). The number of alkyl halides is 16. The lowest BCUT2D eigenvalue weighted by molar-refractivity contribution is -0.322. The molecule has 5 saturated heterocycles. The lowest BCUT2D eigenvalue weighted by atomic mass is 9.75. The van der Waals surface area contributed by atoms with Crippen LogP contribution in [0.4, 0.5) is 92.9 Å². The summed E-state index contributed by atoms with van der Waals surface area (Å²) in [5.74, 6) is -2.53. The van der Waals surface area contributed by atoms with Crippen molar-refractivity contribution in [1.29, 1.82) is 15.8 Å². The number of amides is 8. The fourth-order valence-corrected chi connectivity index (χ4v) is 17.1. The zero-order valence-corrected chi connectivity index (χ0v) is 81.9. The van der Waals surface area contributed by atoms with Crippen molar-refractivity contribution >= 4 is 93.5 Å². The summed E-state index contributed by atoms with van der Waals surface area (Å²) < 4.78 is 228. The van der Waals surface area contributed by atoms with Crippen molar-refractivity contribution in [3.63, 3.8) is 0 Å². The van der Waals surface area contributed by atoms with Gasteiger partial charge in [-0.15, -0.1) is 0 Å². The van der Waals surface area contributed by atoms with Crippen LogP contribution >= 0.6 is 22.6 Å². The Morgan fingerprint density at radius 2 is 0.693 bits per heavy atom. The lowest BCUT2D eigenvalue weighted by Gasteiger charge is -2.54. The van der Waals surface area contributed by atoms with Crippen molar-refractivity contribution in [1.82, 2.24) is 54.3 Å². The summed E-state index contributed by atoms with van der Waals surface area (Å²) in [5, 5.41) is 61.0. The SMILES string of the molecule is CC(C)(C)OC(=O)N1CC(O)(C(F)(F)F)C1.CCI.CCOC1(C(F)(F)F)CN(C(=O)OC(C)(C)C)C1.CCOC1(C(F)(F)F)CN(C2CCC(CC#N)(n3cc(C(N)=O)c(NC(=O)C4CC4)n3)CC2)C1.CCOC1(C(F)(F)F)CN(C2CCC(CC#N)(n3cc(C(N)=O)c(NC(=O)C4CC4)n3)CC2)C1.CCOC1(C(F)(F)F)CNC1.N#CCC1(n2cc(C(N)=O)c(NC(=O)C3CC3)n2)CCC(=O)CC1. The van der Waals surface area contributed by atoms with E-state index in [1.54, 1.807) is 86.2 Å². The van der Waals surface area contributed by atoms with Gasteiger partial charge in [-0.05, 0) is 176 Å². The monoisotopic (exact) mass is 2130 g/mol. The Labute approximate surface area is 812 Å². The minimum atomic E-state index is -4.72. The van der Waals surface area contributed by atoms with E-state index in [0.29, 0.717) is 77.0 Å². The molecule has 0 aromatic carbocycles. The molecule has 11 aliphatic rings. The molecule has 52 heteroatoms. The first-order valence-corrected chi connectivity index (χ1v) is 47.5. The molecule has 11 N–H and O–H groups in total. The summed E-state index contributed by atoms with van der Waals surface area (Å²) in [5.41, 5.74) is 1.91. The first-order chi connectivity index (χ1) is 64.9. The normalized spacial score (nSPS) is 23.2. The largest absolute Gasteiger partial charge is 0.444 e. The Balaban J connectivity index is 0.000000212. The molecule has 36 nitrogen and oxygen atoms in total. The van der Waals surface area contributed by atoms with Gasteiger partial charge in [0.1, 0.15) is 33.7 Å². The number of nitriles is 3. The minimum Gasteiger partial charge on any atom is -0.444 e. The van der Waals surface area contributed by atoms with Crippen molar-refractivity contribution in [3.05, 3.63) is 35.3 Å². The molecule has 3 aromatic rings. The highest BCUT2D eigenvalue weighted by molar-refractivity contribution is 14.1. The topological polar surface area (TPSA) is 493 Å². The van der Waals surface area contributed by atoms with Crippen LogP contribution in [0, 0.1) is 51.7 Å². The molecule has 0 radical (unpaired) electrons. The number of nitrogens with two attached hydrogens (primary N) is 3. The van der Waals surface area contributed by atoms with Crippen molar-refractivity contribution < 1.29 is 143 Å². The van der Waals surface area contributed by atoms with Crippen LogP contribution in [0.25, 0.3) is 0 Å². The Kier molecular flexibility index (Phi) is 37.7. The quantitative estimate of drug-likeness (QED) is 0.0222. The van der Waals surface area contributed by atoms with Gasteiger partial charge in [0.05, 0.1) is 80.3 Å². The number of carbonyl (C=O) groups excluding carboxylic acids is 9. The molecule has 0 atom stereocenters. The van der Waals surface area contributed by atoms with Crippen LogP contribution in [0.2, 0.25) is 0 Å². The van der Waals surface area contributed by atoms with Crippen molar-refractivity contribution in [3.8, 4) is 18.2 Å². The molecule has 140 heavy (non-hydrogen) atoms. The zero-order valence-electron chi connectivity index (χ0n) is 79.7. The van der Waals surface area contributed by atoms with E-state index in [4.69, 9.17) is 46.0 Å². The third-order valence-corrected chi connectivity index (χ3v) is 25.8. The summed E-state index contributed by atoms with van der Waals surface area (Å²) in [7, 11) is 0. The maximum atomic E-state index is 13.5. The second-order valence-electron chi connectivity index (χ2n) is 38.7. The molecule has 6 saturated carbocycles. The Morgan fingerprint density at radius 1 is 0.436 bits per heavy atom. The third-order valence-electron chi connectivity index (χ3n) is 25.8. The maximum Gasteiger partial charge on any atom is 0.420 e. The van der Waals surface area contributed by atoms with E-state index in [2.05, 4.69) is 89.0 Å². The molecule has 8 amide bonds. The number of Topliss-reactive ketones (excluding diaryl/α,β-unsaturated/α-hetero) is 1. The predicted molar refractivity (Wildman–Crippen MR) is 478 cm³/mol. The van der Waals surface area contributed by atoms with Gasteiger partial charge >= 0.3 is 43.1 Å². The van der Waals surface area contributed by atoms with Crippen LogP contribution in [0.15, 0.2) is 18.6 Å². The summed E-state index contributed by atoms with van der Waals surface area (Å²) in [6.07, 6.45) is -8.33. The Hall–Kier alpha value is -9.51. The highest BCUT2D eigenvalue weighted by Gasteiger charge is 2.68. The van der Waals surface area contributed by atoms with Crippen molar-refractivity contribution in [2.24, 2.45) is 35.0 Å². The number of anilines is 3. The number of β-amino-alcohol motifs (C(OH)–C–C–N with tert-alkyl or cyclic N) is 1. The maximum absolute atomic E-state index is 13.5. The fourth-order valence-electron chi connectivity index (χ4n) is 17.1. The van der Waals surface area contributed by atoms with Crippen LogP contribution in [0.1, 0.15) is 242 Å². The summed E-state index contributed by atoms with van der Waals surface area (Å²) in [6.45, 7) is 14.5. The van der Waals surface area contributed by atoms with Gasteiger partial charge in [-0.1, -0.05) is 29.5 Å². The second kappa shape index (κ2) is 45.6. The van der Waals surface area contributed by atoms with Crippen LogP contribution < -0.4 is 38.5 Å². The summed E-state index contributed by atoms with van der Waals surface area (Å²) in [6, 6.07) is 6.37. The van der Waals surface area contributed by atoms with Crippen molar-refractivity contribution in [2.45, 2.75) is 310 Å². The molecule has 0 spiro atoms. The third kappa shape index (κ3) is 28.1. The van der Waals surface area contributed by atoms with Gasteiger partial charge in [0, 0.05) is 127 Å². The molecular formula is C88H124F15IN20O16. The Morgan fingerprint density at radius 3 is 0.907 bits per heavy atom. The molecule has 8 heterocycles. The number of hydrogen-bond donors (Lipinski definition) is 8. The van der Waals surface area contributed by atoms with Crippen molar-refractivity contribution in [2.75, 3.05) is 112 Å². The number of hydrogen-bond acceptors (Lipinski definition) is 25. The van der Waals surface area contributed by atoms with Gasteiger partial charge in [0.2, 0.25) is 17.7 Å². The number of primary amides is 3. The van der Waals surface area contributed by atoms with E-state index in [9.17, 15) is 125 Å². The fraction of sp³-hybridized carbons (Fsp3) is 0.761. The summed E-state index contributed by atoms with van der Waals surface area (Å²) >= 11 is 2.29. The molecule has 784 valence electrons. The first kappa shape index (κ1) is 116. The number of halogens is 16. The molecule has 3 aromatic heterocycles. The number of ether oxygens (including phenoxy) is 6. The highest BCUT2D eigenvalue weighted by Crippen LogP contribution is 2.51. The number of nitrogens with zero attached hydrogens (tertiary/aromatic N) is 13. The lowest BCUT2D eigenvalue weighted by Crippen LogP contribution is -2.72. The number of aromatic nitrogens is 6.